The van der Waals surface area contributed by atoms with Crippen LogP contribution < -0.4 is 0 Å². The van der Waals surface area contributed by atoms with Crippen molar-refractivity contribution < 1.29 is 20.1 Å². The molecule has 0 aromatic carbocycles. The van der Waals surface area contributed by atoms with Gasteiger partial charge in [-0.15, -0.1) is 0 Å². The lowest BCUT2D eigenvalue weighted by Gasteiger charge is -1.83. The van der Waals surface area contributed by atoms with Gasteiger partial charge >= 0.3 is 6.16 Å². The zero-order valence-corrected chi connectivity index (χ0v) is 4.42. The Bertz CT molecular complexity index is 86.0. The highest BCUT2D eigenvalue weighted by atomic mass is 16.7. The molecule has 48 valence electrons. The van der Waals surface area contributed by atoms with E-state index in [1.54, 1.807) is 6.92 Å². The Labute approximate surface area is 46.7 Å². The molecule has 0 unspecified atom stereocenters. The van der Waals surface area contributed by atoms with Gasteiger partial charge in [0.15, 0.2) is 0 Å². The maximum Gasteiger partial charge on any atom is 0.510 e. The van der Waals surface area contributed by atoms with Crippen molar-refractivity contribution in [2.24, 2.45) is 0 Å². The maximum absolute atomic E-state index is 9.48. The smallest absolute Gasteiger partial charge is 0.449 e. The molecule has 0 aliphatic rings. The first-order valence-corrected chi connectivity index (χ1v) is 1.78. The Hall–Kier alpha value is -1.03. The summed E-state index contributed by atoms with van der Waals surface area (Å²) < 4.78 is 3.93. The zero-order valence-electron chi connectivity index (χ0n) is 4.42. The fourth-order valence-electron chi connectivity index (χ4n) is 0.126. The Balaban J connectivity index is 0. The fourth-order valence-corrected chi connectivity index (χ4v) is 0.126. The van der Waals surface area contributed by atoms with E-state index in [2.05, 4.69) is 4.74 Å². The molecule has 0 saturated heterocycles. The number of allylic oxidation sites excluding steroid dienone is 1. The van der Waals surface area contributed by atoms with Crippen molar-refractivity contribution in [2.75, 3.05) is 0 Å². The van der Waals surface area contributed by atoms with Crippen LogP contribution in [0.3, 0.4) is 0 Å². The minimum atomic E-state index is -1.28. The predicted molar refractivity (Wildman–Crippen MR) is 27.5 cm³/mol. The molecular weight excluding hydrogens is 112 g/mol. The van der Waals surface area contributed by atoms with E-state index in [9.17, 15) is 4.79 Å². The number of carbonyl (C=O) groups is 1. The minimum absolute atomic E-state index is 0. The van der Waals surface area contributed by atoms with Gasteiger partial charge in [0.05, 0.1) is 6.26 Å². The molecule has 0 saturated carbocycles. The monoisotopic (exact) mass is 120 g/mol. The predicted octanol–water partition coefficient (Wildman–Crippen LogP) is 0.390. The molecular formula is C4H8O4. The molecule has 0 atom stereocenters. The molecule has 0 aromatic rings. The van der Waals surface area contributed by atoms with Gasteiger partial charge in [-0.25, -0.2) is 4.79 Å². The van der Waals surface area contributed by atoms with E-state index in [4.69, 9.17) is 5.11 Å². The summed E-state index contributed by atoms with van der Waals surface area (Å²) in [5.41, 5.74) is 0. The van der Waals surface area contributed by atoms with E-state index in [1.807, 2.05) is 0 Å². The first-order valence-electron chi connectivity index (χ1n) is 1.78. The van der Waals surface area contributed by atoms with Crippen LogP contribution in [0.4, 0.5) is 4.79 Å². The molecule has 0 radical (unpaired) electrons. The van der Waals surface area contributed by atoms with E-state index in [-0.39, 0.29) is 5.48 Å². The molecule has 3 N–H and O–H groups in total. The zero-order chi connectivity index (χ0) is 5.70. The van der Waals surface area contributed by atoms with Gasteiger partial charge in [0.2, 0.25) is 0 Å². The summed E-state index contributed by atoms with van der Waals surface area (Å²) in [5.74, 6) is 0. The van der Waals surface area contributed by atoms with Crippen molar-refractivity contribution in [1.29, 1.82) is 0 Å². The molecule has 4 nitrogen and oxygen atoms in total. The highest BCUT2D eigenvalue weighted by molar-refractivity contribution is 5.57. The highest BCUT2D eigenvalue weighted by Crippen LogP contribution is 1.75. The van der Waals surface area contributed by atoms with Crippen LogP contribution in [0.1, 0.15) is 6.92 Å². The van der Waals surface area contributed by atoms with Gasteiger partial charge in [0.1, 0.15) is 0 Å². The van der Waals surface area contributed by atoms with Crippen molar-refractivity contribution in [1.82, 2.24) is 0 Å². The molecule has 0 aromatic heterocycles. The van der Waals surface area contributed by atoms with Gasteiger partial charge in [0.25, 0.3) is 0 Å². The number of ether oxygens (including phenoxy) is 1. The third kappa shape index (κ3) is 8.88. The van der Waals surface area contributed by atoms with E-state index >= 15 is 0 Å². The summed E-state index contributed by atoms with van der Waals surface area (Å²) in [6, 6.07) is 0. The second-order valence-corrected chi connectivity index (χ2v) is 0.853. The van der Waals surface area contributed by atoms with E-state index in [1.165, 1.54) is 6.08 Å². The topological polar surface area (TPSA) is 78.0 Å². The maximum atomic E-state index is 9.48. The van der Waals surface area contributed by atoms with E-state index in [0.717, 1.165) is 6.26 Å². The average molecular weight is 120 g/mol. The van der Waals surface area contributed by atoms with Crippen LogP contribution in [0.25, 0.3) is 0 Å². The van der Waals surface area contributed by atoms with Gasteiger partial charge in [0, 0.05) is 0 Å². The Kier molecular flexibility index (Phi) is 7.51. The molecule has 0 aliphatic carbocycles. The van der Waals surface area contributed by atoms with Crippen molar-refractivity contribution in [2.45, 2.75) is 6.92 Å². The Morgan fingerprint density at radius 1 is 1.75 bits per heavy atom. The van der Waals surface area contributed by atoms with Crippen molar-refractivity contribution in [3.63, 3.8) is 0 Å². The normalized spacial score (nSPS) is 8.12. The number of hydrogen-bond donors (Lipinski definition) is 1. The number of carboxylic acid groups (broad SMARTS) is 1. The Morgan fingerprint density at radius 2 is 2.25 bits per heavy atom. The Morgan fingerprint density at radius 3 is 2.38 bits per heavy atom. The summed E-state index contributed by atoms with van der Waals surface area (Å²) in [7, 11) is 0. The minimum Gasteiger partial charge on any atom is -0.449 e. The second-order valence-electron chi connectivity index (χ2n) is 0.853. The number of rotatable bonds is 1. The van der Waals surface area contributed by atoms with Crippen LogP contribution in [0.5, 0.6) is 0 Å². The lowest BCUT2D eigenvalue weighted by atomic mass is 10.7. The SMILES string of the molecule is CC=COC(=O)O.O. The molecule has 0 aliphatic heterocycles. The summed E-state index contributed by atoms with van der Waals surface area (Å²) in [6.07, 6.45) is 1.31. The van der Waals surface area contributed by atoms with E-state index < -0.39 is 6.16 Å². The summed E-state index contributed by atoms with van der Waals surface area (Å²) in [4.78, 5) is 9.48. The standard InChI is InChI=1S/C4H6O3.H2O/c1-2-3-7-4(5)6;/h2-3H,1H3,(H,5,6);1H2. The van der Waals surface area contributed by atoms with Gasteiger partial charge in [-0.1, -0.05) is 6.08 Å². The lowest BCUT2D eigenvalue weighted by Crippen LogP contribution is -1.90. The van der Waals surface area contributed by atoms with Crippen LogP contribution in [-0.2, 0) is 4.74 Å². The van der Waals surface area contributed by atoms with Crippen LogP contribution in [0.15, 0.2) is 12.3 Å². The lowest BCUT2D eigenvalue weighted by molar-refractivity contribution is 0.128. The molecule has 8 heavy (non-hydrogen) atoms. The third-order valence-corrected chi connectivity index (χ3v) is 0.305. The van der Waals surface area contributed by atoms with Gasteiger partial charge in [-0.2, -0.15) is 0 Å². The third-order valence-electron chi connectivity index (χ3n) is 0.305. The second kappa shape index (κ2) is 5.97. The van der Waals surface area contributed by atoms with Crippen molar-refractivity contribution in [3.8, 4) is 0 Å². The van der Waals surface area contributed by atoms with Gasteiger partial charge in [-0.05, 0) is 6.92 Å². The molecule has 0 bridgehead atoms. The summed E-state index contributed by atoms with van der Waals surface area (Å²) in [6.45, 7) is 1.67. The molecule has 4 heteroatoms. The molecule has 0 amide bonds. The van der Waals surface area contributed by atoms with Gasteiger partial charge in [-0.3, -0.25) is 0 Å². The van der Waals surface area contributed by atoms with Crippen LogP contribution >= 0.6 is 0 Å². The molecule has 0 spiro atoms. The fraction of sp³-hybridized carbons (Fsp3) is 0.250. The summed E-state index contributed by atoms with van der Waals surface area (Å²) in [5, 5.41) is 7.77. The quantitative estimate of drug-likeness (QED) is 0.401. The van der Waals surface area contributed by atoms with Gasteiger partial charge < -0.3 is 15.3 Å². The van der Waals surface area contributed by atoms with Crippen LogP contribution in [0.2, 0.25) is 0 Å². The first-order chi connectivity index (χ1) is 3.27. The first kappa shape index (κ1) is 10.1. The number of hydrogen-bond acceptors (Lipinski definition) is 2. The van der Waals surface area contributed by atoms with Crippen molar-refractivity contribution >= 4 is 6.16 Å². The largest absolute Gasteiger partial charge is 0.510 e. The molecule has 0 fully saturated rings. The summed E-state index contributed by atoms with van der Waals surface area (Å²) >= 11 is 0. The molecule has 0 heterocycles. The van der Waals surface area contributed by atoms with Crippen LogP contribution in [-0.4, -0.2) is 16.7 Å². The van der Waals surface area contributed by atoms with Crippen molar-refractivity contribution in [3.05, 3.63) is 12.3 Å². The van der Waals surface area contributed by atoms with Crippen LogP contribution in [0, 0.1) is 0 Å². The average Bonchev–Trinajstić information content (AvgIpc) is 1.61. The molecule has 0 rings (SSSR count). The highest BCUT2D eigenvalue weighted by Gasteiger charge is 1.85. The van der Waals surface area contributed by atoms with E-state index in [0.29, 0.717) is 0 Å².